The molecule has 8 heteroatoms. The minimum Gasteiger partial charge on any atom is -0.503 e. The number of aliphatic hydroxyl groups is 2. The highest BCUT2D eigenvalue weighted by molar-refractivity contribution is 6.59. The van der Waals surface area contributed by atoms with Crippen molar-refractivity contribution < 1.29 is 15.0 Å². The third-order valence-corrected chi connectivity index (χ3v) is 3.35. The maximum absolute atomic E-state index is 11.4. The monoisotopic (exact) mass is 310 g/mol. The van der Waals surface area contributed by atoms with Gasteiger partial charge in [0.1, 0.15) is 14.4 Å². The van der Waals surface area contributed by atoms with Crippen LogP contribution in [0.5, 0.6) is 0 Å². The SMILES string of the molecule is O=C1C(O)=C(Cl)C(O)(C(Cl)Cl)C1=C(Cl)Cl. The fourth-order valence-electron chi connectivity index (χ4n) is 1.12. The topological polar surface area (TPSA) is 57.5 Å². The van der Waals surface area contributed by atoms with E-state index in [0.29, 0.717) is 0 Å². The molecule has 0 bridgehead atoms. The highest BCUT2D eigenvalue weighted by Crippen LogP contribution is 2.47. The van der Waals surface area contributed by atoms with Crippen LogP contribution in [0.25, 0.3) is 0 Å². The minimum absolute atomic E-state index is 0.539. The Bertz CT molecular complexity index is 382. The van der Waals surface area contributed by atoms with Crippen LogP contribution in [0.4, 0.5) is 0 Å². The highest BCUT2D eigenvalue weighted by Gasteiger charge is 2.54. The van der Waals surface area contributed by atoms with Crippen molar-refractivity contribution in [2.24, 2.45) is 0 Å². The Morgan fingerprint density at radius 3 is 2.07 bits per heavy atom. The summed E-state index contributed by atoms with van der Waals surface area (Å²) in [6.45, 7) is 0. The second kappa shape index (κ2) is 4.32. The van der Waals surface area contributed by atoms with Crippen LogP contribution < -0.4 is 0 Å². The van der Waals surface area contributed by atoms with Gasteiger partial charge in [-0.2, -0.15) is 0 Å². The Balaban J connectivity index is 3.50. The van der Waals surface area contributed by atoms with Crippen molar-refractivity contribution in [1.82, 2.24) is 0 Å². The Morgan fingerprint density at radius 2 is 1.80 bits per heavy atom. The Kier molecular flexibility index (Phi) is 3.87. The molecule has 1 atom stereocenters. The highest BCUT2D eigenvalue weighted by atomic mass is 35.5. The number of carbonyl (C=O) groups is 1. The number of halogens is 5. The smallest absolute Gasteiger partial charge is 0.230 e. The van der Waals surface area contributed by atoms with Gasteiger partial charge in [-0.25, -0.2) is 0 Å². The van der Waals surface area contributed by atoms with E-state index in [9.17, 15) is 15.0 Å². The summed E-state index contributed by atoms with van der Waals surface area (Å²) >= 11 is 27.3. The molecule has 0 saturated heterocycles. The number of allylic oxidation sites excluding steroid dienone is 1. The van der Waals surface area contributed by atoms with E-state index in [4.69, 9.17) is 58.0 Å². The summed E-state index contributed by atoms with van der Waals surface area (Å²) in [5, 5.41) is 18.6. The van der Waals surface area contributed by atoms with Crippen LogP contribution in [-0.2, 0) is 4.79 Å². The molecule has 0 aromatic heterocycles. The molecule has 0 fully saturated rings. The molecule has 0 heterocycles. The third kappa shape index (κ3) is 1.86. The molecule has 1 unspecified atom stereocenters. The van der Waals surface area contributed by atoms with Crippen molar-refractivity contribution in [3.05, 3.63) is 20.9 Å². The van der Waals surface area contributed by atoms with E-state index in [2.05, 4.69) is 0 Å². The molecule has 3 nitrogen and oxygen atoms in total. The van der Waals surface area contributed by atoms with Gasteiger partial charge in [-0.15, -0.1) is 23.2 Å². The van der Waals surface area contributed by atoms with Crippen molar-refractivity contribution in [2.45, 2.75) is 10.4 Å². The van der Waals surface area contributed by atoms with Crippen molar-refractivity contribution >= 4 is 63.8 Å². The predicted molar refractivity (Wildman–Crippen MR) is 59.7 cm³/mol. The predicted octanol–water partition coefficient (Wildman–Crippen LogP) is 2.80. The van der Waals surface area contributed by atoms with Gasteiger partial charge in [0.2, 0.25) is 5.78 Å². The zero-order valence-electron chi connectivity index (χ0n) is 6.77. The molecule has 15 heavy (non-hydrogen) atoms. The van der Waals surface area contributed by atoms with Gasteiger partial charge in [0.15, 0.2) is 11.4 Å². The number of Topliss-reactive ketones (excluding diaryl/α,β-unsaturated/α-hetero) is 1. The van der Waals surface area contributed by atoms with Crippen LogP contribution in [-0.4, -0.2) is 26.4 Å². The first-order chi connectivity index (χ1) is 6.74. The molecule has 0 saturated carbocycles. The van der Waals surface area contributed by atoms with Gasteiger partial charge >= 0.3 is 0 Å². The summed E-state index contributed by atoms with van der Waals surface area (Å²) in [5.41, 5.74) is -2.81. The average molecular weight is 312 g/mol. The van der Waals surface area contributed by atoms with E-state index in [0.717, 1.165) is 0 Å². The van der Waals surface area contributed by atoms with Gasteiger partial charge < -0.3 is 10.2 Å². The second-order valence-electron chi connectivity index (χ2n) is 2.69. The number of alkyl halides is 2. The summed E-state index contributed by atoms with van der Waals surface area (Å²) in [5.74, 6) is -1.88. The molecule has 0 radical (unpaired) electrons. The lowest BCUT2D eigenvalue weighted by molar-refractivity contribution is -0.114. The second-order valence-corrected chi connectivity index (χ2v) is 5.12. The molecule has 84 valence electrons. The molecule has 0 spiro atoms. The van der Waals surface area contributed by atoms with Crippen LogP contribution in [0, 0.1) is 0 Å². The summed E-state index contributed by atoms with van der Waals surface area (Å²) in [6.07, 6.45) is 0. The molecule has 1 rings (SSSR count). The van der Waals surface area contributed by atoms with Gasteiger partial charge in [-0.3, -0.25) is 4.79 Å². The number of carbonyl (C=O) groups excluding carboxylic acids is 1. The van der Waals surface area contributed by atoms with E-state index in [1.807, 2.05) is 0 Å². The van der Waals surface area contributed by atoms with E-state index >= 15 is 0 Å². The normalized spacial score (nSPS) is 26.9. The number of hydrogen-bond acceptors (Lipinski definition) is 3. The molecular weight excluding hydrogens is 309 g/mol. The first-order valence-electron chi connectivity index (χ1n) is 3.44. The van der Waals surface area contributed by atoms with Gasteiger partial charge in [0.25, 0.3) is 0 Å². The van der Waals surface area contributed by atoms with Crippen molar-refractivity contribution in [1.29, 1.82) is 0 Å². The number of rotatable bonds is 1. The minimum atomic E-state index is -2.27. The van der Waals surface area contributed by atoms with Crippen LogP contribution in [0.3, 0.4) is 0 Å². The van der Waals surface area contributed by atoms with Crippen LogP contribution in [0.1, 0.15) is 0 Å². The summed E-state index contributed by atoms with van der Waals surface area (Å²) in [4.78, 5) is 9.88. The first-order valence-corrected chi connectivity index (χ1v) is 5.45. The molecule has 0 aromatic carbocycles. The largest absolute Gasteiger partial charge is 0.503 e. The lowest BCUT2D eigenvalue weighted by atomic mass is 10.0. The average Bonchev–Trinajstić information content (AvgIpc) is 2.29. The first kappa shape index (κ1) is 13.4. The number of aliphatic hydroxyl groups excluding tert-OH is 1. The molecule has 0 amide bonds. The van der Waals surface area contributed by atoms with Gasteiger partial charge in [-0.1, -0.05) is 34.8 Å². The fourth-order valence-corrected chi connectivity index (χ4v) is 2.41. The van der Waals surface area contributed by atoms with Crippen molar-refractivity contribution in [2.75, 3.05) is 0 Å². The quantitative estimate of drug-likeness (QED) is 0.578. The van der Waals surface area contributed by atoms with E-state index in [1.54, 1.807) is 0 Å². The zero-order chi connectivity index (χ0) is 12.0. The number of ketones is 1. The molecule has 0 aromatic rings. The van der Waals surface area contributed by atoms with Gasteiger partial charge in [0.05, 0.1) is 5.57 Å². The van der Waals surface area contributed by atoms with Crippen molar-refractivity contribution in [3.63, 3.8) is 0 Å². The summed E-state index contributed by atoms with van der Waals surface area (Å²) in [7, 11) is 0. The lowest BCUT2D eigenvalue weighted by Gasteiger charge is -2.25. The lowest BCUT2D eigenvalue weighted by Crippen LogP contribution is -2.37. The molecule has 1 aliphatic rings. The third-order valence-electron chi connectivity index (χ3n) is 1.87. The maximum atomic E-state index is 11.4. The number of hydrogen-bond donors (Lipinski definition) is 2. The zero-order valence-corrected chi connectivity index (χ0v) is 10.5. The van der Waals surface area contributed by atoms with Crippen LogP contribution >= 0.6 is 58.0 Å². The maximum Gasteiger partial charge on any atom is 0.230 e. The standard InChI is InChI=1S/C7H3Cl5O3/c8-4-3(14)2(13)1(5(9)10)7(4,15)6(11)12/h6,14-15H. The Morgan fingerprint density at radius 1 is 1.33 bits per heavy atom. The van der Waals surface area contributed by atoms with E-state index in [-0.39, 0.29) is 0 Å². The molecule has 0 aliphatic heterocycles. The van der Waals surface area contributed by atoms with Crippen molar-refractivity contribution in [3.8, 4) is 0 Å². The molecule has 1 aliphatic carbocycles. The fraction of sp³-hybridized carbons (Fsp3) is 0.286. The summed E-state index contributed by atoms with van der Waals surface area (Å²) < 4.78 is -0.559. The molecule has 2 N–H and O–H groups in total. The van der Waals surface area contributed by atoms with E-state index < -0.39 is 37.1 Å². The summed E-state index contributed by atoms with van der Waals surface area (Å²) in [6, 6.07) is 0. The Hall–Kier alpha value is 0.360. The Labute approximate surface area is 110 Å². The molecular formula is C7H3Cl5O3. The van der Waals surface area contributed by atoms with Crippen LogP contribution in [0.15, 0.2) is 20.9 Å². The van der Waals surface area contributed by atoms with Crippen LogP contribution in [0.2, 0.25) is 0 Å². The van der Waals surface area contributed by atoms with E-state index in [1.165, 1.54) is 0 Å². The van der Waals surface area contributed by atoms with Gasteiger partial charge in [-0.05, 0) is 0 Å². The van der Waals surface area contributed by atoms with Gasteiger partial charge in [0, 0.05) is 0 Å².